The first kappa shape index (κ1) is 16.8. The molecule has 0 aliphatic rings. The molecule has 0 rings (SSSR count). The summed E-state index contributed by atoms with van der Waals surface area (Å²) >= 11 is 0. The summed E-state index contributed by atoms with van der Waals surface area (Å²) in [5, 5.41) is 7.64. The Bertz CT molecular complexity index is 332. The van der Waals surface area contributed by atoms with Crippen molar-refractivity contribution in [3.05, 3.63) is 0 Å². The Kier molecular flexibility index (Phi) is 3.87. The third-order valence-corrected chi connectivity index (χ3v) is 1.70. The fourth-order valence-electron chi connectivity index (χ4n) is 0.702. The maximum absolute atomic E-state index is 12.4. The minimum Gasteiger partial charge on any atom is -0.479 e. The number of hydrogen-bond donors (Lipinski definition) is 1. The molecule has 0 spiro atoms. The Balaban J connectivity index is 5.71. The van der Waals surface area contributed by atoms with E-state index in [9.17, 15) is 48.7 Å². The van der Waals surface area contributed by atoms with Crippen LogP contribution in [0.25, 0.3) is 0 Å². The molecule has 2 nitrogen and oxygen atoms in total. The monoisotopic (exact) mass is 296 g/mol. The number of alkyl halides is 10. The lowest BCUT2D eigenvalue weighted by molar-refractivity contribution is -0.401. The number of halogens is 10. The van der Waals surface area contributed by atoms with Gasteiger partial charge in [-0.3, -0.25) is 0 Å². The molecule has 0 radical (unpaired) electrons. The molecule has 0 aromatic rings. The fourth-order valence-corrected chi connectivity index (χ4v) is 0.702. The van der Waals surface area contributed by atoms with Crippen molar-refractivity contribution in [1.82, 2.24) is 0 Å². The van der Waals surface area contributed by atoms with Gasteiger partial charge in [0.2, 0.25) is 0 Å². The van der Waals surface area contributed by atoms with Crippen molar-refractivity contribution in [1.29, 1.82) is 0 Å². The van der Waals surface area contributed by atoms with E-state index >= 15 is 0 Å². The topological polar surface area (TPSA) is 37.3 Å². The number of rotatable bonds is 4. The van der Waals surface area contributed by atoms with E-state index in [1.165, 1.54) is 0 Å². The second-order valence-corrected chi connectivity index (χ2v) is 2.97. The van der Waals surface area contributed by atoms with E-state index in [1.807, 2.05) is 0 Å². The Hall–Kier alpha value is -1.23. The van der Waals surface area contributed by atoms with Crippen molar-refractivity contribution in [3.8, 4) is 0 Å². The van der Waals surface area contributed by atoms with Crippen molar-refractivity contribution in [2.24, 2.45) is 0 Å². The molecule has 0 saturated heterocycles. The van der Waals surface area contributed by atoms with Crippen LogP contribution >= 0.6 is 0 Å². The highest BCUT2D eigenvalue weighted by Crippen LogP contribution is 2.54. The van der Waals surface area contributed by atoms with Crippen molar-refractivity contribution >= 4 is 5.97 Å². The quantitative estimate of drug-likeness (QED) is 0.810. The zero-order valence-corrected chi connectivity index (χ0v) is 7.71. The fraction of sp³-hybridized carbons (Fsp3) is 0.833. The van der Waals surface area contributed by atoms with E-state index in [0.717, 1.165) is 0 Å². The lowest BCUT2D eigenvalue weighted by atomic mass is 10.00. The molecule has 12 heteroatoms. The molecule has 0 aromatic carbocycles. The summed E-state index contributed by atoms with van der Waals surface area (Å²) in [4.78, 5) is 9.65. The van der Waals surface area contributed by atoms with Gasteiger partial charge in [-0.2, -0.15) is 39.5 Å². The first-order valence-electron chi connectivity index (χ1n) is 3.67. The van der Waals surface area contributed by atoms with Crippen molar-refractivity contribution in [2.75, 3.05) is 0 Å². The molecule has 18 heavy (non-hydrogen) atoms. The highest BCUT2D eigenvalue weighted by Gasteiger charge is 2.84. The van der Waals surface area contributed by atoms with Crippen LogP contribution in [0.3, 0.4) is 0 Å². The normalized spacial score (nSPS) is 16.6. The lowest BCUT2D eigenvalue weighted by Crippen LogP contribution is -2.64. The second-order valence-electron chi connectivity index (χ2n) is 2.97. The molecule has 1 atom stereocenters. The Morgan fingerprint density at radius 1 is 0.833 bits per heavy atom. The molecule has 0 fully saturated rings. The van der Waals surface area contributed by atoms with Crippen LogP contribution in [0.15, 0.2) is 0 Å². The molecule has 0 bridgehead atoms. The van der Waals surface area contributed by atoms with Gasteiger partial charge in [-0.25, -0.2) is 9.18 Å². The molecule has 0 aliphatic carbocycles. The minimum absolute atomic E-state index is 3.31. The van der Waals surface area contributed by atoms with Crippen LogP contribution in [0.4, 0.5) is 43.9 Å². The van der Waals surface area contributed by atoms with Crippen molar-refractivity contribution in [2.45, 2.75) is 30.1 Å². The van der Waals surface area contributed by atoms with Crippen molar-refractivity contribution in [3.63, 3.8) is 0 Å². The zero-order chi connectivity index (χ0) is 15.2. The summed E-state index contributed by atoms with van der Waals surface area (Å²) in [6.07, 6.45) is -12.0. The Labute approximate surface area is 91.2 Å². The van der Waals surface area contributed by atoms with Gasteiger partial charge in [0.25, 0.3) is 6.17 Å². The molecule has 0 heterocycles. The molecular weight excluding hydrogens is 294 g/mol. The summed E-state index contributed by atoms with van der Waals surface area (Å²) in [6, 6.07) is 0. The van der Waals surface area contributed by atoms with E-state index in [4.69, 9.17) is 5.11 Å². The third-order valence-electron chi connectivity index (χ3n) is 1.70. The molecule has 0 aliphatic heterocycles. The lowest BCUT2D eigenvalue weighted by Gasteiger charge is -2.33. The van der Waals surface area contributed by atoms with Gasteiger partial charge in [-0.05, 0) is 0 Å². The van der Waals surface area contributed by atoms with Crippen LogP contribution < -0.4 is 0 Å². The zero-order valence-electron chi connectivity index (χ0n) is 7.71. The van der Waals surface area contributed by atoms with E-state index in [-0.39, 0.29) is 0 Å². The largest absolute Gasteiger partial charge is 0.479 e. The number of hydrogen-bond acceptors (Lipinski definition) is 1. The maximum atomic E-state index is 12.4. The predicted molar refractivity (Wildman–Crippen MR) is 33.4 cm³/mol. The molecule has 0 aromatic heterocycles. The Morgan fingerprint density at radius 2 is 1.17 bits per heavy atom. The first-order chi connectivity index (χ1) is 7.60. The van der Waals surface area contributed by atoms with Gasteiger partial charge >= 0.3 is 29.9 Å². The summed E-state index contributed by atoms with van der Waals surface area (Å²) in [6.45, 7) is 0. The summed E-state index contributed by atoms with van der Waals surface area (Å²) < 4.78 is 120. The molecular formula is C6H2F10O2. The number of carboxylic acid groups (broad SMARTS) is 1. The van der Waals surface area contributed by atoms with Gasteiger partial charge in [0.1, 0.15) is 0 Å². The summed E-state index contributed by atoms with van der Waals surface area (Å²) in [7, 11) is 0. The molecule has 108 valence electrons. The van der Waals surface area contributed by atoms with E-state index in [0.29, 0.717) is 0 Å². The second kappa shape index (κ2) is 4.16. The van der Waals surface area contributed by atoms with Gasteiger partial charge in [0, 0.05) is 0 Å². The number of aliphatic carboxylic acids is 1. The highest BCUT2D eigenvalue weighted by molar-refractivity contribution is 5.73. The molecule has 0 amide bonds. The summed E-state index contributed by atoms with van der Waals surface area (Å²) in [5.74, 6) is -24.6. The third kappa shape index (κ3) is 2.19. The van der Waals surface area contributed by atoms with Crippen molar-refractivity contribution < 1.29 is 53.8 Å². The van der Waals surface area contributed by atoms with E-state index in [1.54, 1.807) is 0 Å². The smallest absolute Gasteiger partial charge is 0.460 e. The van der Waals surface area contributed by atoms with Gasteiger partial charge in [-0.1, -0.05) is 0 Å². The average molecular weight is 296 g/mol. The summed E-state index contributed by atoms with van der Waals surface area (Å²) in [5.41, 5.74) is 0. The van der Waals surface area contributed by atoms with Gasteiger partial charge < -0.3 is 5.11 Å². The first-order valence-corrected chi connectivity index (χ1v) is 3.67. The van der Waals surface area contributed by atoms with Gasteiger partial charge in [0.15, 0.2) is 0 Å². The van der Waals surface area contributed by atoms with Crippen LogP contribution in [0, 0.1) is 0 Å². The van der Waals surface area contributed by atoms with Gasteiger partial charge in [0.05, 0.1) is 0 Å². The van der Waals surface area contributed by atoms with Gasteiger partial charge in [-0.15, -0.1) is 0 Å². The standard InChI is InChI=1S/C6H2F10O2/c7-1(2(17)18)3(8,9)4(10,11)5(12,13)6(14,15)16/h1H,(H,17,18). The van der Waals surface area contributed by atoms with Crippen LogP contribution in [0.1, 0.15) is 0 Å². The van der Waals surface area contributed by atoms with Crippen LogP contribution in [0.2, 0.25) is 0 Å². The number of carboxylic acids is 1. The van der Waals surface area contributed by atoms with Crippen LogP contribution in [0.5, 0.6) is 0 Å². The predicted octanol–water partition coefficient (Wildman–Crippen LogP) is 2.88. The average Bonchev–Trinajstić information content (AvgIpc) is 2.13. The van der Waals surface area contributed by atoms with E-state index in [2.05, 4.69) is 0 Å². The van der Waals surface area contributed by atoms with E-state index < -0.39 is 36.1 Å². The molecule has 0 saturated carbocycles. The minimum atomic E-state index is -7.30. The molecule has 1 unspecified atom stereocenters. The number of carbonyl (C=O) groups is 1. The Morgan fingerprint density at radius 3 is 1.39 bits per heavy atom. The molecule has 1 N–H and O–H groups in total. The highest BCUT2D eigenvalue weighted by atomic mass is 19.4. The SMILES string of the molecule is O=C(O)C(F)C(F)(F)C(F)(F)C(F)(F)C(F)(F)F. The van der Waals surface area contributed by atoms with Crippen LogP contribution in [-0.2, 0) is 4.79 Å². The van der Waals surface area contributed by atoms with Crippen LogP contribution in [-0.4, -0.2) is 41.2 Å². The maximum Gasteiger partial charge on any atom is 0.460 e.